The molecular weight excluding hydrogens is 264 g/mol. The quantitative estimate of drug-likeness (QED) is 0.620. The predicted molar refractivity (Wildman–Crippen MR) is 85.3 cm³/mol. The normalized spacial score (nSPS) is 21.8. The van der Waals surface area contributed by atoms with Crippen LogP contribution >= 0.6 is 0 Å². The summed E-state index contributed by atoms with van der Waals surface area (Å²) in [5.41, 5.74) is 6.20. The largest absolute Gasteiger partial charge is 0.490 e. The Morgan fingerprint density at radius 2 is 2.10 bits per heavy atom. The van der Waals surface area contributed by atoms with Crippen LogP contribution in [0.15, 0.2) is 18.2 Å². The minimum atomic E-state index is 0.0474. The van der Waals surface area contributed by atoms with Crippen LogP contribution in [0.1, 0.15) is 51.5 Å². The SMILES string of the molecule is CCOc1cc(C(=N)N)ccc1OC1CCCC(CC)C1. The van der Waals surface area contributed by atoms with Gasteiger partial charge in [0.15, 0.2) is 11.5 Å². The van der Waals surface area contributed by atoms with E-state index in [1.54, 1.807) is 6.07 Å². The molecule has 0 saturated heterocycles. The molecule has 4 heteroatoms. The van der Waals surface area contributed by atoms with Crippen molar-refractivity contribution < 1.29 is 9.47 Å². The average Bonchev–Trinajstić information content (AvgIpc) is 2.49. The maximum absolute atomic E-state index is 7.52. The summed E-state index contributed by atoms with van der Waals surface area (Å²) < 4.78 is 11.8. The van der Waals surface area contributed by atoms with Crippen LogP contribution in [0.4, 0.5) is 0 Å². The fourth-order valence-electron chi connectivity index (χ4n) is 2.94. The third-order valence-electron chi connectivity index (χ3n) is 4.16. The summed E-state index contributed by atoms with van der Waals surface area (Å²) in [5, 5.41) is 7.52. The van der Waals surface area contributed by atoms with Gasteiger partial charge in [-0.3, -0.25) is 5.41 Å². The summed E-state index contributed by atoms with van der Waals surface area (Å²) >= 11 is 0. The molecule has 0 bridgehead atoms. The molecule has 4 nitrogen and oxygen atoms in total. The van der Waals surface area contributed by atoms with Crippen LogP contribution in [-0.4, -0.2) is 18.5 Å². The van der Waals surface area contributed by atoms with Crippen molar-refractivity contribution in [3.8, 4) is 11.5 Å². The monoisotopic (exact) mass is 290 g/mol. The fourth-order valence-corrected chi connectivity index (χ4v) is 2.94. The Morgan fingerprint density at radius 1 is 1.29 bits per heavy atom. The van der Waals surface area contributed by atoms with Crippen molar-refractivity contribution in [2.45, 2.75) is 52.1 Å². The van der Waals surface area contributed by atoms with Gasteiger partial charge in [-0.1, -0.05) is 19.8 Å². The highest BCUT2D eigenvalue weighted by atomic mass is 16.5. The second-order valence-electron chi connectivity index (χ2n) is 5.69. The van der Waals surface area contributed by atoms with E-state index in [1.807, 2.05) is 19.1 Å². The number of hydrogen-bond donors (Lipinski definition) is 2. The topological polar surface area (TPSA) is 68.3 Å². The lowest BCUT2D eigenvalue weighted by Gasteiger charge is -2.29. The zero-order valence-electron chi connectivity index (χ0n) is 13.0. The fraction of sp³-hybridized carbons (Fsp3) is 0.588. The lowest BCUT2D eigenvalue weighted by molar-refractivity contribution is 0.117. The van der Waals surface area contributed by atoms with Gasteiger partial charge in [-0.25, -0.2) is 0 Å². The molecule has 0 aromatic heterocycles. The van der Waals surface area contributed by atoms with Gasteiger partial charge in [0.2, 0.25) is 0 Å². The van der Waals surface area contributed by atoms with E-state index in [-0.39, 0.29) is 11.9 Å². The number of benzene rings is 1. The number of hydrogen-bond acceptors (Lipinski definition) is 3. The van der Waals surface area contributed by atoms with E-state index in [1.165, 1.54) is 19.3 Å². The van der Waals surface area contributed by atoms with Gasteiger partial charge in [-0.05, 0) is 50.3 Å². The van der Waals surface area contributed by atoms with Crippen molar-refractivity contribution in [2.75, 3.05) is 6.61 Å². The first-order valence-electron chi connectivity index (χ1n) is 7.91. The first-order valence-corrected chi connectivity index (χ1v) is 7.91. The standard InChI is InChI=1S/C17H26N2O2/c1-3-12-6-5-7-14(10-12)21-15-9-8-13(17(18)19)11-16(15)20-4-2/h8-9,11-12,14H,3-7,10H2,1-2H3,(H3,18,19). The van der Waals surface area contributed by atoms with Crippen molar-refractivity contribution in [3.63, 3.8) is 0 Å². The molecule has 1 aromatic rings. The van der Waals surface area contributed by atoms with E-state index in [0.29, 0.717) is 17.9 Å². The van der Waals surface area contributed by atoms with Crippen LogP contribution in [0, 0.1) is 11.3 Å². The second kappa shape index (κ2) is 7.34. The zero-order chi connectivity index (χ0) is 15.2. The lowest BCUT2D eigenvalue weighted by Crippen LogP contribution is -2.25. The molecule has 0 spiro atoms. The molecule has 0 aliphatic heterocycles. The number of ether oxygens (including phenoxy) is 2. The summed E-state index contributed by atoms with van der Waals surface area (Å²) in [7, 11) is 0. The Labute approximate surface area is 127 Å². The smallest absolute Gasteiger partial charge is 0.161 e. The molecule has 0 amide bonds. The summed E-state index contributed by atoms with van der Waals surface area (Å²) in [6.45, 7) is 4.76. The molecule has 1 saturated carbocycles. The highest BCUT2D eigenvalue weighted by Crippen LogP contribution is 2.34. The van der Waals surface area contributed by atoms with Gasteiger partial charge < -0.3 is 15.2 Å². The number of rotatable bonds is 6. The summed E-state index contributed by atoms with van der Waals surface area (Å²) in [6, 6.07) is 5.49. The Kier molecular flexibility index (Phi) is 5.48. The minimum absolute atomic E-state index is 0.0474. The number of nitrogen functional groups attached to an aromatic ring is 1. The third kappa shape index (κ3) is 4.13. The van der Waals surface area contributed by atoms with Crippen molar-refractivity contribution in [2.24, 2.45) is 11.7 Å². The van der Waals surface area contributed by atoms with Crippen LogP contribution in [0.2, 0.25) is 0 Å². The second-order valence-corrected chi connectivity index (χ2v) is 5.69. The van der Waals surface area contributed by atoms with Crippen LogP contribution < -0.4 is 15.2 Å². The van der Waals surface area contributed by atoms with Crippen molar-refractivity contribution >= 4 is 5.84 Å². The molecule has 2 unspecified atom stereocenters. The summed E-state index contributed by atoms with van der Waals surface area (Å²) in [6.07, 6.45) is 6.27. The maximum atomic E-state index is 7.52. The maximum Gasteiger partial charge on any atom is 0.161 e. The molecule has 116 valence electrons. The van der Waals surface area contributed by atoms with Crippen LogP contribution in [0.25, 0.3) is 0 Å². The van der Waals surface area contributed by atoms with Gasteiger partial charge >= 0.3 is 0 Å². The molecule has 1 aliphatic carbocycles. The molecule has 21 heavy (non-hydrogen) atoms. The zero-order valence-corrected chi connectivity index (χ0v) is 13.0. The van der Waals surface area contributed by atoms with Crippen LogP contribution in [0.3, 0.4) is 0 Å². The number of amidine groups is 1. The van der Waals surface area contributed by atoms with Gasteiger partial charge in [-0.2, -0.15) is 0 Å². The van der Waals surface area contributed by atoms with E-state index in [4.69, 9.17) is 20.6 Å². The van der Waals surface area contributed by atoms with Gasteiger partial charge in [-0.15, -0.1) is 0 Å². The Balaban J connectivity index is 2.12. The van der Waals surface area contributed by atoms with E-state index in [9.17, 15) is 0 Å². The first kappa shape index (κ1) is 15.7. The van der Waals surface area contributed by atoms with Gasteiger partial charge in [0.25, 0.3) is 0 Å². The Morgan fingerprint density at radius 3 is 2.76 bits per heavy atom. The molecular formula is C17H26N2O2. The minimum Gasteiger partial charge on any atom is -0.490 e. The summed E-state index contributed by atoms with van der Waals surface area (Å²) in [5.74, 6) is 2.27. The van der Waals surface area contributed by atoms with Crippen molar-refractivity contribution in [1.82, 2.24) is 0 Å². The molecule has 0 heterocycles. The van der Waals surface area contributed by atoms with E-state index in [0.717, 1.165) is 24.5 Å². The van der Waals surface area contributed by atoms with Gasteiger partial charge in [0.1, 0.15) is 5.84 Å². The van der Waals surface area contributed by atoms with Crippen molar-refractivity contribution in [1.29, 1.82) is 5.41 Å². The van der Waals surface area contributed by atoms with E-state index >= 15 is 0 Å². The van der Waals surface area contributed by atoms with Crippen molar-refractivity contribution in [3.05, 3.63) is 23.8 Å². The molecule has 0 radical (unpaired) electrons. The van der Waals surface area contributed by atoms with E-state index in [2.05, 4.69) is 6.92 Å². The first-order chi connectivity index (χ1) is 10.1. The molecule has 2 rings (SSSR count). The molecule has 1 fully saturated rings. The molecule has 1 aliphatic rings. The van der Waals surface area contributed by atoms with Crippen LogP contribution in [0.5, 0.6) is 11.5 Å². The third-order valence-corrected chi connectivity index (χ3v) is 4.16. The Bertz CT molecular complexity index is 488. The average molecular weight is 290 g/mol. The number of nitrogens with two attached hydrogens (primary N) is 1. The predicted octanol–water partition coefficient (Wildman–Crippen LogP) is 3.72. The molecule has 2 atom stereocenters. The highest BCUT2D eigenvalue weighted by Gasteiger charge is 2.23. The Hall–Kier alpha value is -1.71. The van der Waals surface area contributed by atoms with Gasteiger partial charge in [0.05, 0.1) is 12.7 Å². The van der Waals surface area contributed by atoms with E-state index < -0.39 is 0 Å². The molecule has 1 aromatic carbocycles. The highest BCUT2D eigenvalue weighted by molar-refractivity contribution is 5.95. The summed E-state index contributed by atoms with van der Waals surface area (Å²) in [4.78, 5) is 0. The molecule has 3 N–H and O–H groups in total. The van der Waals surface area contributed by atoms with Gasteiger partial charge in [0, 0.05) is 5.56 Å². The number of nitrogens with one attached hydrogen (secondary N) is 1. The lowest BCUT2D eigenvalue weighted by atomic mass is 9.85. The van der Waals surface area contributed by atoms with Crippen LogP contribution in [-0.2, 0) is 0 Å².